The fourth-order valence-electron chi connectivity index (χ4n) is 1.78. The highest BCUT2D eigenvalue weighted by molar-refractivity contribution is 9.10. The molecule has 108 valence electrons. The maximum absolute atomic E-state index is 12.8. The van der Waals surface area contributed by atoms with Gasteiger partial charge in [0.25, 0.3) is 0 Å². The lowest BCUT2D eigenvalue weighted by Gasteiger charge is -2.06. The van der Waals surface area contributed by atoms with Crippen molar-refractivity contribution in [3.05, 3.63) is 51.8 Å². The average Bonchev–Trinajstić information content (AvgIpc) is 2.83. The minimum Gasteiger partial charge on any atom is -0.478 e. The van der Waals surface area contributed by atoms with E-state index in [0.717, 1.165) is 10.8 Å². The van der Waals surface area contributed by atoms with Crippen LogP contribution >= 0.6 is 15.9 Å². The Hall–Kier alpha value is -2.27. The molecule has 1 heterocycles. The van der Waals surface area contributed by atoms with Gasteiger partial charge in [-0.05, 0) is 34.1 Å². The molecule has 0 bridgehead atoms. The van der Waals surface area contributed by atoms with E-state index in [9.17, 15) is 18.0 Å². The highest BCUT2D eigenvalue weighted by Crippen LogP contribution is 2.34. The zero-order valence-electron chi connectivity index (χ0n) is 10.1. The highest BCUT2D eigenvalue weighted by atomic mass is 79.9. The van der Waals surface area contributed by atoms with E-state index in [2.05, 4.69) is 15.9 Å². The molecule has 2 rings (SSSR count). The lowest BCUT2D eigenvalue weighted by Crippen LogP contribution is -2.09. The summed E-state index contributed by atoms with van der Waals surface area (Å²) >= 11 is 3.15. The van der Waals surface area contributed by atoms with Gasteiger partial charge in [0.15, 0.2) is 0 Å². The average molecular weight is 359 g/mol. The summed E-state index contributed by atoms with van der Waals surface area (Å²) in [6.07, 6.45) is -3.18. The van der Waals surface area contributed by atoms with Crippen LogP contribution in [-0.4, -0.2) is 15.6 Å². The molecule has 0 saturated carbocycles. The summed E-state index contributed by atoms with van der Waals surface area (Å²) in [5, 5.41) is 17.6. The molecule has 0 saturated heterocycles. The predicted octanol–water partition coefficient (Wildman–Crippen LogP) is 3.83. The molecule has 0 fully saturated rings. The van der Waals surface area contributed by atoms with Crippen LogP contribution in [0.25, 0.3) is 5.69 Å². The third kappa shape index (κ3) is 2.92. The van der Waals surface area contributed by atoms with Crippen LogP contribution in [0.15, 0.2) is 35.1 Å². The number of carbonyl (C=O) groups is 1. The maximum atomic E-state index is 12.8. The second-order valence-corrected chi connectivity index (χ2v) is 4.93. The van der Waals surface area contributed by atoms with Gasteiger partial charge in [-0.3, -0.25) is 0 Å². The summed E-state index contributed by atoms with van der Waals surface area (Å²) in [6.45, 7) is 0. The normalized spacial score (nSPS) is 11.2. The second kappa shape index (κ2) is 5.26. The molecule has 0 aliphatic rings. The first-order valence-corrected chi connectivity index (χ1v) is 6.26. The second-order valence-electron chi connectivity index (χ2n) is 4.07. The quantitative estimate of drug-likeness (QED) is 0.886. The number of carboxylic acid groups (broad SMARTS) is 1. The molecular formula is C13H6BrF3N2O2. The van der Waals surface area contributed by atoms with Crippen molar-refractivity contribution in [3.8, 4) is 11.8 Å². The van der Waals surface area contributed by atoms with Gasteiger partial charge in [0.05, 0.1) is 28.4 Å². The van der Waals surface area contributed by atoms with Crippen LogP contribution in [0.5, 0.6) is 0 Å². The summed E-state index contributed by atoms with van der Waals surface area (Å²) in [7, 11) is 0. The number of hydrogen-bond donors (Lipinski definition) is 1. The smallest absolute Gasteiger partial charge is 0.418 e. The summed E-state index contributed by atoms with van der Waals surface area (Å²) < 4.78 is 39.9. The van der Waals surface area contributed by atoms with Gasteiger partial charge in [-0.2, -0.15) is 18.4 Å². The molecule has 0 unspecified atom stereocenters. The number of aromatic carboxylic acids is 1. The molecule has 8 heteroatoms. The van der Waals surface area contributed by atoms with E-state index in [4.69, 9.17) is 10.4 Å². The van der Waals surface area contributed by atoms with Crippen molar-refractivity contribution in [1.29, 1.82) is 5.26 Å². The molecule has 4 nitrogen and oxygen atoms in total. The van der Waals surface area contributed by atoms with Crippen molar-refractivity contribution in [1.82, 2.24) is 4.57 Å². The first-order valence-electron chi connectivity index (χ1n) is 5.46. The standard InChI is InChI=1S/C13H6BrF3N2O2/c14-10-3-7(4-18)1-2-11(10)19-5-8(12(20)21)9(6-19)13(15,16)17/h1-3,5-6H,(H,20,21). The molecule has 1 N–H and O–H groups in total. The van der Waals surface area contributed by atoms with Crippen molar-refractivity contribution >= 4 is 21.9 Å². The summed E-state index contributed by atoms with van der Waals surface area (Å²) in [4.78, 5) is 10.9. The van der Waals surface area contributed by atoms with Gasteiger partial charge in [-0.1, -0.05) is 0 Å². The van der Waals surface area contributed by atoms with E-state index in [-0.39, 0.29) is 0 Å². The molecule has 21 heavy (non-hydrogen) atoms. The zero-order valence-corrected chi connectivity index (χ0v) is 11.7. The Balaban J connectivity index is 2.61. The van der Waals surface area contributed by atoms with E-state index in [1.54, 1.807) is 0 Å². The third-order valence-electron chi connectivity index (χ3n) is 2.72. The molecule has 0 aliphatic heterocycles. The third-order valence-corrected chi connectivity index (χ3v) is 3.35. The van der Waals surface area contributed by atoms with Crippen LogP contribution in [0.3, 0.4) is 0 Å². The largest absolute Gasteiger partial charge is 0.478 e. The summed E-state index contributed by atoms with van der Waals surface area (Å²) in [5.74, 6) is -1.66. The fraction of sp³-hybridized carbons (Fsp3) is 0.0769. The number of carboxylic acids is 1. The van der Waals surface area contributed by atoms with Gasteiger partial charge < -0.3 is 9.67 Å². The summed E-state index contributed by atoms with van der Waals surface area (Å²) in [6, 6.07) is 6.18. The van der Waals surface area contributed by atoms with Crippen LogP contribution in [0.1, 0.15) is 21.5 Å². The minimum absolute atomic E-state index is 0.298. The maximum Gasteiger partial charge on any atom is 0.418 e. The Morgan fingerprint density at radius 1 is 1.33 bits per heavy atom. The molecule has 0 aliphatic carbocycles. The highest BCUT2D eigenvalue weighted by Gasteiger charge is 2.37. The molecule has 1 aromatic carbocycles. The van der Waals surface area contributed by atoms with Gasteiger partial charge in [0.2, 0.25) is 0 Å². The van der Waals surface area contributed by atoms with Crippen LogP contribution in [0.2, 0.25) is 0 Å². The van der Waals surface area contributed by atoms with E-state index in [1.165, 1.54) is 18.2 Å². The lowest BCUT2D eigenvalue weighted by molar-refractivity contribution is -0.138. The number of halogens is 4. The van der Waals surface area contributed by atoms with Crippen molar-refractivity contribution in [2.24, 2.45) is 0 Å². The van der Waals surface area contributed by atoms with E-state index < -0.39 is 23.3 Å². The number of aromatic nitrogens is 1. The molecular weight excluding hydrogens is 353 g/mol. The first-order chi connectivity index (χ1) is 9.74. The molecule has 1 aromatic heterocycles. The number of alkyl halides is 3. The number of nitrogens with zero attached hydrogens (tertiary/aromatic N) is 2. The zero-order chi connectivity index (χ0) is 15.8. The molecule has 0 atom stereocenters. The molecule has 0 radical (unpaired) electrons. The van der Waals surface area contributed by atoms with Crippen molar-refractivity contribution in [2.75, 3.05) is 0 Å². The van der Waals surface area contributed by atoms with Crippen LogP contribution in [-0.2, 0) is 6.18 Å². The number of hydrogen-bond acceptors (Lipinski definition) is 2. The first kappa shape index (κ1) is 15.1. The van der Waals surface area contributed by atoms with Crippen LogP contribution in [0.4, 0.5) is 13.2 Å². The topological polar surface area (TPSA) is 66.0 Å². The number of benzene rings is 1. The fourth-order valence-corrected chi connectivity index (χ4v) is 2.36. The van der Waals surface area contributed by atoms with Gasteiger partial charge in [0.1, 0.15) is 0 Å². The van der Waals surface area contributed by atoms with Crippen molar-refractivity contribution in [3.63, 3.8) is 0 Å². The van der Waals surface area contributed by atoms with Gasteiger partial charge in [-0.25, -0.2) is 4.79 Å². The monoisotopic (exact) mass is 358 g/mol. The molecule has 0 amide bonds. The Bertz CT molecular complexity index is 760. The number of rotatable bonds is 2. The van der Waals surface area contributed by atoms with Gasteiger partial charge in [0, 0.05) is 16.9 Å². The van der Waals surface area contributed by atoms with E-state index >= 15 is 0 Å². The molecule has 2 aromatic rings. The van der Waals surface area contributed by atoms with Gasteiger partial charge in [-0.15, -0.1) is 0 Å². The number of nitriles is 1. The van der Waals surface area contributed by atoms with Crippen LogP contribution < -0.4 is 0 Å². The Morgan fingerprint density at radius 2 is 2.00 bits per heavy atom. The lowest BCUT2D eigenvalue weighted by atomic mass is 10.2. The minimum atomic E-state index is -4.77. The Kier molecular flexibility index (Phi) is 3.78. The van der Waals surface area contributed by atoms with Crippen molar-refractivity contribution in [2.45, 2.75) is 6.18 Å². The van der Waals surface area contributed by atoms with E-state index in [1.807, 2.05) is 6.07 Å². The predicted molar refractivity (Wildman–Crippen MR) is 70.1 cm³/mol. The summed E-state index contributed by atoms with van der Waals surface area (Å²) in [5.41, 5.74) is -1.44. The SMILES string of the molecule is N#Cc1ccc(-n2cc(C(=O)O)c(C(F)(F)F)c2)c(Br)c1. The Morgan fingerprint density at radius 3 is 2.43 bits per heavy atom. The van der Waals surface area contributed by atoms with E-state index in [0.29, 0.717) is 21.9 Å². The Labute approximate surface area is 125 Å². The van der Waals surface area contributed by atoms with Crippen LogP contribution in [0, 0.1) is 11.3 Å². The van der Waals surface area contributed by atoms with Crippen molar-refractivity contribution < 1.29 is 23.1 Å². The molecule has 0 spiro atoms. The van der Waals surface area contributed by atoms with Gasteiger partial charge >= 0.3 is 12.1 Å².